The second-order valence-electron chi connectivity index (χ2n) is 6.40. The van der Waals surface area contributed by atoms with E-state index in [2.05, 4.69) is 4.98 Å². The van der Waals surface area contributed by atoms with Crippen LogP contribution in [0.2, 0.25) is 0 Å². The highest BCUT2D eigenvalue weighted by Gasteiger charge is 2.30. The molecule has 1 aromatic carbocycles. The molecular weight excluding hydrogens is 348 g/mol. The molecule has 1 aromatic heterocycles. The minimum Gasteiger partial charge on any atom is -0.486 e. The summed E-state index contributed by atoms with van der Waals surface area (Å²) < 4.78 is 11.2. The monoisotopic (exact) mass is 370 g/mol. The summed E-state index contributed by atoms with van der Waals surface area (Å²) in [6.45, 7) is 2.01. The number of aromatic nitrogens is 1. The van der Waals surface area contributed by atoms with Gasteiger partial charge in [0.25, 0.3) is 0 Å². The summed E-state index contributed by atoms with van der Waals surface area (Å²) in [5.74, 6) is 2.56. The third kappa shape index (κ3) is 3.80. The fraction of sp³-hybridized carbons (Fsp3) is 0.400. The van der Waals surface area contributed by atoms with Gasteiger partial charge >= 0.3 is 0 Å². The summed E-state index contributed by atoms with van der Waals surface area (Å²) in [5.41, 5.74) is 0.998. The number of fused-ring (bicyclic) bond motifs is 1. The van der Waals surface area contributed by atoms with Gasteiger partial charge in [-0.25, -0.2) is 0 Å². The van der Waals surface area contributed by atoms with Gasteiger partial charge in [0.05, 0.1) is 11.7 Å². The Labute approximate surface area is 157 Å². The SMILES string of the molecule is O=C(CCSc1ccc2c(c1)OCCO2)N1CCC[C@@H]1c1ccccn1. The van der Waals surface area contributed by atoms with Gasteiger partial charge < -0.3 is 14.4 Å². The Morgan fingerprint density at radius 2 is 2.08 bits per heavy atom. The first-order chi connectivity index (χ1) is 12.8. The maximum atomic E-state index is 12.7. The lowest BCUT2D eigenvalue weighted by atomic mass is 10.1. The lowest BCUT2D eigenvalue weighted by Gasteiger charge is -2.24. The Balaban J connectivity index is 1.32. The molecule has 3 heterocycles. The third-order valence-electron chi connectivity index (χ3n) is 4.70. The van der Waals surface area contributed by atoms with Gasteiger partial charge in [0, 0.05) is 29.8 Å². The molecule has 2 aliphatic heterocycles. The van der Waals surface area contributed by atoms with Crippen LogP contribution in [-0.2, 0) is 4.79 Å². The first-order valence-corrected chi connectivity index (χ1v) is 10.0. The smallest absolute Gasteiger partial charge is 0.223 e. The molecule has 136 valence electrons. The Morgan fingerprint density at radius 1 is 1.19 bits per heavy atom. The average molecular weight is 370 g/mol. The zero-order chi connectivity index (χ0) is 17.8. The van der Waals surface area contributed by atoms with Gasteiger partial charge in [-0.15, -0.1) is 11.8 Å². The van der Waals surface area contributed by atoms with E-state index in [-0.39, 0.29) is 11.9 Å². The molecule has 2 aliphatic rings. The number of nitrogens with zero attached hydrogens (tertiary/aromatic N) is 2. The zero-order valence-electron chi connectivity index (χ0n) is 14.6. The van der Waals surface area contributed by atoms with Crippen molar-refractivity contribution in [3.8, 4) is 11.5 Å². The normalized spacial score (nSPS) is 18.8. The topological polar surface area (TPSA) is 51.7 Å². The Kier molecular flexibility index (Phi) is 5.29. The third-order valence-corrected chi connectivity index (χ3v) is 5.70. The van der Waals surface area contributed by atoms with Crippen molar-refractivity contribution >= 4 is 17.7 Å². The van der Waals surface area contributed by atoms with E-state index < -0.39 is 0 Å². The highest BCUT2D eigenvalue weighted by molar-refractivity contribution is 7.99. The van der Waals surface area contributed by atoms with Gasteiger partial charge in [-0.05, 0) is 43.2 Å². The summed E-state index contributed by atoms with van der Waals surface area (Å²) >= 11 is 1.68. The predicted octanol–water partition coefficient (Wildman–Crippen LogP) is 3.70. The number of hydrogen-bond donors (Lipinski definition) is 0. The Morgan fingerprint density at radius 3 is 2.92 bits per heavy atom. The van der Waals surface area contributed by atoms with Crippen LogP contribution in [0.4, 0.5) is 0 Å². The van der Waals surface area contributed by atoms with Crippen LogP contribution in [0.25, 0.3) is 0 Å². The molecule has 0 saturated carbocycles. The molecule has 26 heavy (non-hydrogen) atoms. The van der Waals surface area contributed by atoms with Crippen molar-refractivity contribution in [1.29, 1.82) is 0 Å². The van der Waals surface area contributed by atoms with Crippen LogP contribution < -0.4 is 9.47 Å². The van der Waals surface area contributed by atoms with Gasteiger partial charge in [0.15, 0.2) is 11.5 Å². The number of thioether (sulfide) groups is 1. The number of pyridine rings is 1. The van der Waals surface area contributed by atoms with E-state index in [1.54, 1.807) is 18.0 Å². The highest BCUT2D eigenvalue weighted by atomic mass is 32.2. The summed E-state index contributed by atoms with van der Waals surface area (Å²) in [5, 5.41) is 0. The molecule has 0 N–H and O–H groups in total. The molecule has 0 spiro atoms. The summed E-state index contributed by atoms with van der Waals surface area (Å²) in [6.07, 6.45) is 4.37. The van der Waals surface area contributed by atoms with E-state index in [1.165, 1.54) is 0 Å². The molecule has 0 unspecified atom stereocenters. The van der Waals surface area contributed by atoms with Crippen molar-refractivity contribution in [1.82, 2.24) is 9.88 Å². The number of carbonyl (C=O) groups excluding carboxylic acids is 1. The maximum absolute atomic E-state index is 12.7. The second-order valence-corrected chi connectivity index (χ2v) is 7.57. The summed E-state index contributed by atoms with van der Waals surface area (Å²) in [6, 6.07) is 12.0. The molecule has 1 atom stereocenters. The first kappa shape index (κ1) is 17.2. The molecule has 0 aliphatic carbocycles. The second kappa shape index (κ2) is 7.99. The van der Waals surface area contributed by atoms with Crippen molar-refractivity contribution in [2.75, 3.05) is 25.5 Å². The Bertz CT molecular complexity index is 769. The quantitative estimate of drug-likeness (QED) is 0.751. The molecular formula is C20H22N2O3S. The van der Waals surface area contributed by atoms with Gasteiger partial charge in [-0.1, -0.05) is 6.07 Å². The van der Waals surface area contributed by atoms with Gasteiger partial charge in [-0.3, -0.25) is 9.78 Å². The Hall–Kier alpha value is -2.21. The summed E-state index contributed by atoms with van der Waals surface area (Å²) in [4.78, 5) is 20.2. The molecule has 0 bridgehead atoms. The fourth-order valence-electron chi connectivity index (χ4n) is 3.46. The van der Waals surface area contributed by atoms with E-state index in [0.29, 0.717) is 19.6 Å². The van der Waals surface area contributed by atoms with Crippen LogP contribution >= 0.6 is 11.8 Å². The van der Waals surface area contributed by atoms with E-state index >= 15 is 0 Å². The van der Waals surface area contributed by atoms with Gasteiger partial charge in [-0.2, -0.15) is 0 Å². The van der Waals surface area contributed by atoms with Crippen molar-refractivity contribution in [2.24, 2.45) is 0 Å². The van der Waals surface area contributed by atoms with E-state index in [1.807, 2.05) is 41.3 Å². The van der Waals surface area contributed by atoms with Crippen LogP contribution in [0, 0.1) is 0 Å². The van der Waals surface area contributed by atoms with Crippen molar-refractivity contribution < 1.29 is 14.3 Å². The molecule has 6 heteroatoms. The molecule has 1 amide bonds. The molecule has 1 fully saturated rings. The molecule has 2 aromatic rings. The number of ether oxygens (including phenoxy) is 2. The summed E-state index contributed by atoms with van der Waals surface area (Å²) in [7, 11) is 0. The van der Waals surface area contributed by atoms with Crippen molar-refractivity contribution in [3.05, 3.63) is 48.3 Å². The molecule has 1 saturated heterocycles. The lowest BCUT2D eigenvalue weighted by Crippen LogP contribution is -2.31. The van der Waals surface area contributed by atoms with Crippen LogP contribution in [0.5, 0.6) is 11.5 Å². The minimum absolute atomic E-state index is 0.128. The largest absolute Gasteiger partial charge is 0.486 e. The number of carbonyl (C=O) groups is 1. The minimum atomic E-state index is 0.128. The van der Waals surface area contributed by atoms with E-state index in [4.69, 9.17) is 9.47 Å². The highest BCUT2D eigenvalue weighted by Crippen LogP contribution is 2.35. The molecule has 0 radical (unpaired) electrons. The number of amides is 1. The van der Waals surface area contributed by atoms with Crippen molar-refractivity contribution in [2.45, 2.75) is 30.2 Å². The number of benzene rings is 1. The van der Waals surface area contributed by atoms with E-state index in [9.17, 15) is 4.79 Å². The van der Waals surface area contributed by atoms with Crippen LogP contribution in [0.3, 0.4) is 0 Å². The van der Waals surface area contributed by atoms with E-state index in [0.717, 1.165) is 47.2 Å². The van der Waals surface area contributed by atoms with Crippen LogP contribution in [-0.4, -0.2) is 41.3 Å². The van der Waals surface area contributed by atoms with Crippen LogP contribution in [0.1, 0.15) is 31.0 Å². The van der Waals surface area contributed by atoms with Gasteiger partial charge in [0.1, 0.15) is 13.2 Å². The number of likely N-dealkylation sites (tertiary alicyclic amines) is 1. The average Bonchev–Trinajstić information content (AvgIpc) is 3.18. The predicted molar refractivity (Wildman–Crippen MR) is 101 cm³/mol. The fourth-order valence-corrected chi connectivity index (χ4v) is 4.33. The molecule has 4 rings (SSSR count). The van der Waals surface area contributed by atoms with Gasteiger partial charge in [0.2, 0.25) is 5.91 Å². The van der Waals surface area contributed by atoms with Crippen LogP contribution in [0.15, 0.2) is 47.5 Å². The standard InChI is InChI=1S/C20H22N2O3S/c23-20(22-10-3-5-17(22)16-4-1-2-9-21-16)8-13-26-15-6-7-18-19(14-15)25-12-11-24-18/h1-2,4,6-7,9,14,17H,3,5,8,10-13H2/t17-/m1/s1. The first-order valence-electron chi connectivity index (χ1n) is 9.04. The van der Waals surface area contributed by atoms with Crippen molar-refractivity contribution in [3.63, 3.8) is 0 Å². The zero-order valence-corrected chi connectivity index (χ0v) is 15.4. The number of rotatable bonds is 5. The lowest BCUT2D eigenvalue weighted by molar-refractivity contribution is -0.131. The maximum Gasteiger partial charge on any atom is 0.223 e. The molecule has 5 nitrogen and oxygen atoms in total. The number of hydrogen-bond acceptors (Lipinski definition) is 5.